The molecule has 1 saturated heterocycles. The molecule has 1 heterocycles. The molecule has 0 aromatic carbocycles. The Balaban J connectivity index is 2.28. The predicted octanol–water partition coefficient (Wildman–Crippen LogP) is 2.00. The second kappa shape index (κ2) is 3.49. The first-order valence-electron chi connectivity index (χ1n) is 5.31. The summed E-state index contributed by atoms with van der Waals surface area (Å²) in [5, 5.41) is 9.38. The van der Waals surface area contributed by atoms with Crippen LogP contribution in [0.4, 0.5) is 0 Å². The monoisotopic (exact) mass is 208 g/mol. The molecule has 4 unspecified atom stereocenters. The third-order valence-electron chi connectivity index (χ3n) is 3.70. The first-order valence-corrected chi connectivity index (χ1v) is 5.31. The molecule has 0 aromatic heterocycles. The van der Waals surface area contributed by atoms with Crippen LogP contribution in [0.15, 0.2) is 24.8 Å². The van der Waals surface area contributed by atoms with E-state index in [1.54, 1.807) is 18.2 Å². The SMILES string of the molecule is C=CC=CC1(C(=O)O)CCC2OC2C1C. The largest absolute Gasteiger partial charge is 0.481 e. The number of allylic oxidation sites excluding steroid dienone is 2. The molecule has 2 fully saturated rings. The molecule has 15 heavy (non-hydrogen) atoms. The fraction of sp³-hybridized carbons (Fsp3) is 0.583. The predicted molar refractivity (Wildman–Crippen MR) is 56.5 cm³/mol. The topological polar surface area (TPSA) is 49.8 Å². The average molecular weight is 208 g/mol. The molecule has 1 N–H and O–H groups in total. The lowest BCUT2D eigenvalue weighted by molar-refractivity contribution is -0.150. The Labute approximate surface area is 89.4 Å². The number of epoxide rings is 1. The van der Waals surface area contributed by atoms with Crippen molar-refractivity contribution in [1.29, 1.82) is 0 Å². The standard InChI is InChI=1S/C12H16O3/c1-3-4-6-12(11(13)14)7-5-9-10(15-9)8(12)2/h3-4,6,8-10H,1,5,7H2,2H3,(H,13,14). The smallest absolute Gasteiger partial charge is 0.313 e. The van der Waals surface area contributed by atoms with Crippen molar-refractivity contribution in [3.63, 3.8) is 0 Å². The van der Waals surface area contributed by atoms with Crippen molar-refractivity contribution in [1.82, 2.24) is 0 Å². The van der Waals surface area contributed by atoms with Gasteiger partial charge in [-0.25, -0.2) is 0 Å². The van der Waals surface area contributed by atoms with Gasteiger partial charge in [0.2, 0.25) is 0 Å². The van der Waals surface area contributed by atoms with Crippen molar-refractivity contribution >= 4 is 5.97 Å². The number of carboxylic acid groups (broad SMARTS) is 1. The molecule has 0 aromatic rings. The fourth-order valence-corrected chi connectivity index (χ4v) is 2.58. The Morgan fingerprint density at radius 2 is 2.40 bits per heavy atom. The molecule has 0 spiro atoms. The molecule has 0 bridgehead atoms. The van der Waals surface area contributed by atoms with E-state index in [0.29, 0.717) is 12.5 Å². The summed E-state index contributed by atoms with van der Waals surface area (Å²) in [6.45, 7) is 5.54. The van der Waals surface area contributed by atoms with E-state index in [4.69, 9.17) is 4.74 Å². The maximum absolute atomic E-state index is 11.4. The van der Waals surface area contributed by atoms with Crippen LogP contribution in [0.2, 0.25) is 0 Å². The molecule has 3 heteroatoms. The minimum Gasteiger partial charge on any atom is -0.481 e. The quantitative estimate of drug-likeness (QED) is 0.570. The number of carboxylic acids is 1. The highest BCUT2D eigenvalue weighted by atomic mass is 16.6. The van der Waals surface area contributed by atoms with E-state index < -0.39 is 11.4 Å². The van der Waals surface area contributed by atoms with Gasteiger partial charge in [-0.05, 0) is 12.8 Å². The summed E-state index contributed by atoms with van der Waals surface area (Å²) >= 11 is 0. The van der Waals surface area contributed by atoms with Gasteiger partial charge >= 0.3 is 5.97 Å². The second-order valence-electron chi connectivity index (χ2n) is 4.41. The van der Waals surface area contributed by atoms with Crippen LogP contribution in [0.25, 0.3) is 0 Å². The van der Waals surface area contributed by atoms with E-state index in [9.17, 15) is 9.90 Å². The number of fused-ring (bicyclic) bond motifs is 1. The summed E-state index contributed by atoms with van der Waals surface area (Å²) in [7, 11) is 0. The van der Waals surface area contributed by atoms with Gasteiger partial charge in [0.25, 0.3) is 0 Å². The van der Waals surface area contributed by atoms with E-state index in [1.165, 1.54) is 0 Å². The Hall–Kier alpha value is -1.09. The molecule has 0 amide bonds. The van der Waals surface area contributed by atoms with Crippen molar-refractivity contribution in [2.45, 2.75) is 32.0 Å². The van der Waals surface area contributed by atoms with E-state index in [1.807, 2.05) is 6.92 Å². The van der Waals surface area contributed by atoms with Gasteiger partial charge in [0.05, 0.1) is 17.6 Å². The third-order valence-corrected chi connectivity index (χ3v) is 3.70. The van der Waals surface area contributed by atoms with Gasteiger partial charge < -0.3 is 9.84 Å². The van der Waals surface area contributed by atoms with Crippen LogP contribution in [0, 0.1) is 11.3 Å². The highest BCUT2D eigenvalue weighted by Gasteiger charge is 2.58. The zero-order valence-electron chi connectivity index (χ0n) is 8.85. The minimum atomic E-state index is -0.758. The summed E-state index contributed by atoms with van der Waals surface area (Å²) in [6.07, 6.45) is 7.08. The Morgan fingerprint density at radius 1 is 1.67 bits per heavy atom. The van der Waals surface area contributed by atoms with Crippen LogP contribution < -0.4 is 0 Å². The highest BCUT2D eigenvalue weighted by molar-refractivity contribution is 5.78. The number of aliphatic carboxylic acids is 1. The van der Waals surface area contributed by atoms with Crippen LogP contribution in [0.3, 0.4) is 0 Å². The van der Waals surface area contributed by atoms with Crippen LogP contribution in [-0.2, 0) is 9.53 Å². The van der Waals surface area contributed by atoms with E-state index >= 15 is 0 Å². The second-order valence-corrected chi connectivity index (χ2v) is 4.41. The molecule has 1 saturated carbocycles. The zero-order chi connectivity index (χ0) is 11.1. The molecule has 1 aliphatic carbocycles. The maximum Gasteiger partial charge on any atom is 0.313 e. The molecule has 4 atom stereocenters. The van der Waals surface area contributed by atoms with Gasteiger partial charge in [-0.15, -0.1) is 0 Å². The molecule has 2 aliphatic rings. The lowest BCUT2D eigenvalue weighted by Gasteiger charge is -2.34. The summed E-state index contributed by atoms with van der Waals surface area (Å²) < 4.78 is 5.45. The maximum atomic E-state index is 11.4. The number of ether oxygens (including phenoxy) is 1. The van der Waals surface area contributed by atoms with Crippen LogP contribution in [-0.4, -0.2) is 23.3 Å². The first-order chi connectivity index (χ1) is 7.12. The normalized spacial score (nSPS) is 43.7. The van der Waals surface area contributed by atoms with Gasteiger partial charge in [-0.1, -0.05) is 31.7 Å². The number of hydrogen-bond donors (Lipinski definition) is 1. The molecule has 2 rings (SSSR count). The Bertz CT molecular complexity index is 321. The lowest BCUT2D eigenvalue weighted by atomic mass is 9.67. The Morgan fingerprint density at radius 3 is 3.00 bits per heavy atom. The average Bonchev–Trinajstić information content (AvgIpc) is 2.97. The third kappa shape index (κ3) is 1.51. The summed E-state index contributed by atoms with van der Waals surface area (Å²) in [5.74, 6) is -0.702. The number of carbonyl (C=O) groups is 1. The van der Waals surface area contributed by atoms with Gasteiger partial charge in [0.15, 0.2) is 0 Å². The first kappa shape index (κ1) is 10.4. The zero-order valence-corrected chi connectivity index (χ0v) is 8.85. The highest BCUT2D eigenvalue weighted by Crippen LogP contribution is 2.51. The van der Waals surface area contributed by atoms with E-state index in [2.05, 4.69) is 6.58 Å². The number of hydrogen-bond acceptors (Lipinski definition) is 2. The summed E-state index contributed by atoms with van der Waals surface area (Å²) in [4.78, 5) is 11.4. The fourth-order valence-electron chi connectivity index (χ4n) is 2.58. The van der Waals surface area contributed by atoms with Crippen LogP contribution in [0.5, 0.6) is 0 Å². The van der Waals surface area contributed by atoms with Gasteiger partial charge in [0.1, 0.15) is 0 Å². The van der Waals surface area contributed by atoms with Gasteiger partial charge in [-0.2, -0.15) is 0 Å². The Kier molecular flexibility index (Phi) is 2.43. The van der Waals surface area contributed by atoms with Crippen molar-refractivity contribution in [3.05, 3.63) is 24.8 Å². The summed E-state index contributed by atoms with van der Waals surface area (Å²) in [5.41, 5.74) is -0.758. The van der Waals surface area contributed by atoms with E-state index in [0.717, 1.165) is 6.42 Å². The molecular weight excluding hydrogens is 192 g/mol. The molecule has 3 nitrogen and oxygen atoms in total. The molecular formula is C12H16O3. The molecule has 1 aliphatic heterocycles. The molecule has 82 valence electrons. The van der Waals surface area contributed by atoms with Gasteiger partial charge in [0, 0.05) is 5.92 Å². The van der Waals surface area contributed by atoms with E-state index in [-0.39, 0.29) is 12.0 Å². The lowest BCUT2D eigenvalue weighted by Crippen LogP contribution is -2.41. The van der Waals surface area contributed by atoms with Crippen molar-refractivity contribution in [2.24, 2.45) is 11.3 Å². The number of rotatable bonds is 3. The molecule has 0 radical (unpaired) electrons. The minimum absolute atomic E-state index is 0.0462. The van der Waals surface area contributed by atoms with Gasteiger partial charge in [-0.3, -0.25) is 4.79 Å². The van der Waals surface area contributed by atoms with Crippen molar-refractivity contribution in [2.75, 3.05) is 0 Å². The van der Waals surface area contributed by atoms with Crippen molar-refractivity contribution in [3.8, 4) is 0 Å². The van der Waals surface area contributed by atoms with Crippen molar-refractivity contribution < 1.29 is 14.6 Å². The van der Waals surface area contributed by atoms with Crippen LogP contribution in [0.1, 0.15) is 19.8 Å². The summed E-state index contributed by atoms with van der Waals surface area (Å²) in [6, 6.07) is 0. The van der Waals surface area contributed by atoms with Crippen LogP contribution >= 0.6 is 0 Å².